The Hall–Kier alpha value is -3.85. The second-order valence-corrected chi connectivity index (χ2v) is 8.08. The van der Waals surface area contributed by atoms with Gasteiger partial charge in [-0.05, 0) is 45.0 Å². The van der Waals surface area contributed by atoms with Crippen LogP contribution in [0, 0.1) is 6.92 Å². The summed E-state index contributed by atoms with van der Waals surface area (Å²) in [7, 11) is 0. The average molecular weight is 437 g/mol. The minimum absolute atomic E-state index is 0.176. The minimum Gasteiger partial charge on any atom is -0.490 e. The van der Waals surface area contributed by atoms with Gasteiger partial charge in [0.25, 0.3) is 5.91 Å². The highest BCUT2D eigenvalue weighted by atomic mass is 16.5. The summed E-state index contributed by atoms with van der Waals surface area (Å²) in [6.07, 6.45) is 3.10. The topological polar surface area (TPSA) is 141 Å². The van der Waals surface area contributed by atoms with Gasteiger partial charge in [-0.1, -0.05) is 12.6 Å². The number of pyridine rings is 1. The van der Waals surface area contributed by atoms with E-state index in [1.807, 2.05) is 13.8 Å². The van der Waals surface area contributed by atoms with Gasteiger partial charge >= 0.3 is 0 Å². The van der Waals surface area contributed by atoms with Crippen molar-refractivity contribution >= 4 is 17.3 Å². The van der Waals surface area contributed by atoms with E-state index in [4.69, 9.17) is 16.2 Å². The van der Waals surface area contributed by atoms with Crippen LogP contribution in [-0.4, -0.2) is 37.7 Å². The molecule has 1 amide bonds. The third kappa shape index (κ3) is 4.89. The summed E-state index contributed by atoms with van der Waals surface area (Å²) in [6.45, 7) is 9.23. The van der Waals surface area contributed by atoms with Crippen LogP contribution in [-0.2, 0) is 6.61 Å². The summed E-state index contributed by atoms with van der Waals surface area (Å²) in [5, 5.41) is 12.6. The van der Waals surface area contributed by atoms with Crippen LogP contribution < -0.4 is 21.5 Å². The summed E-state index contributed by atoms with van der Waals surface area (Å²) in [5.74, 6) is 0.695. The first kappa shape index (κ1) is 22.8. The van der Waals surface area contributed by atoms with Gasteiger partial charge in [0.2, 0.25) is 0 Å². The van der Waals surface area contributed by atoms with Gasteiger partial charge in [0.1, 0.15) is 24.5 Å². The third-order valence-electron chi connectivity index (χ3n) is 4.90. The Morgan fingerprint density at radius 2 is 2.06 bits per heavy atom. The van der Waals surface area contributed by atoms with Crippen LogP contribution in [0.3, 0.4) is 0 Å². The Morgan fingerprint density at radius 3 is 2.75 bits per heavy atom. The lowest BCUT2D eigenvalue weighted by atomic mass is 10.1. The lowest BCUT2D eigenvalue weighted by Crippen LogP contribution is -2.48. The SMILES string of the molecule is C=C(N)c1c(N)cccc1OCC(C)(C)NC(=O)c1ccnc(-n2cnc(C)c2CO)c1. The Balaban J connectivity index is 1.74. The number of anilines is 1. The van der Waals surface area contributed by atoms with Crippen molar-refractivity contribution in [2.45, 2.75) is 32.9 Å². The lowest BCUT2D eigenvalue weighted by molar-refractivity contribution is 0.0880. The number of carbonyl (C=O) groups excluding carboxylic acids is 1. The zero-order valence-corrected chi connectivity index (χ0v) is 18.4. The van der Waals surface area contributed by atoms with Crippen LogP contribution in [0.15, 0.2) is 49.4 Å². The van der Waals surface area contributed by atoms with E-state index in [0.29, 0.717) is 45.5 Å². The molecule has 0 unspecified atom stereocenters. The highest BCUT2D eigenvalue weighted by molar-refractivity contribution is 5.95. The van der Waals surface area contributed by atoms with Crippen LogP contribution >= 0.6 is 0 Å². The van der Waals surface area contributed by atoms with Crippen LogP contribution in [0.1, 0.15) is 41.2 Å². The molecule has 0 fully saturated rings. The van der Waals surface area contributed by atoms with E-state index in [9.17, 15) is 9.90 Å². The molecule has 32 heavy (non-hydrogen) atoms. The Morgan fingerprint density at radius 1 is 1.31 bits per heavy atom. The second kappa shape index (κ2) is 9.11. The van der Waals surface area contributed by atoms with E-state index in [-0.39, 0.29) is 19.1 Å². The number of aromatic nitrogens is 3. The maximum absolute atomic E-state index is 12.9. The largest absolute Gasteiger partial charge is 0.490 e. The quantitative estimate of drug-likeness (QED) is 0.397. The molecule has 168 valence electrons. The Bertz CT molecular complexity index is 1150. The molecule has 3 aromatic rings. The molecule has 0 saturated heterocycles. The third-order valence-corrected chi connectivity index (χ3v) is 4.90. The Kier molecular flexibility index (Phi) is 6.50. The van der Waals surface area contributed by atoms with Gasteiger partial charge in [0, 0.05) is 23.1 Å². The number of hydrogen-bond donors (Lipinski definition) is 4. The normalized spacial score (nSPS) is 11.2. The summed E-state index contributed by atoms with van der Waals surface area (Å²) in [6, 6.07) is 8.49. The van der Waals surface area contributed by atoms with Crippen molar-refractivity contribution in [2.24, 2.45) is 5.73 Å². The van der Waals surface area contributed by atoms with Gasteiger partial charge in [-0.3, -0.25) is 9.36 Å². The molecule has 0 radical (unpaired) electrons. The fourth-order valence-corrected chi connectivity index (χ4v) is 3.23. The molecular weight excluding hydrogens is 408 g/mol. The summed E-state index contributed by atoms with van der Waals surface area (Å²) in [4.78, 5) is 21.4. The Labute approximate surface area is 186 Å². The average Bonchev–Trinajstić information content (AvgIpc) is 3.12. The molecule has 9 heteroatoms. The van der Waals surface area contributed by atoms with E-state index < -0.39 is 5.54 Å². The number of nitrogens with zero attached hydrogens (tertiary/aromatic N) is 3. The molecule has 9 nitrogen and oxygen atoms in total. The molecule has 0 aliphatic heterocycles. The zero-order valence-electron chi connectivity index (χ0n) is 18.4. The van der Waals surface area contributed by atoms with Gasteiger partial charge in [0.05, 0.1) is 29.1 Å². The van der Waals surface area contributed by atoms with Crippen LogP contribution in [0.2, 0.25) is 0 Å². The van der Waals surface area contributed by atoms with Gasteiger partial charge in [0.15, 0.2) is 0 Å². The van der Waals surface area contributed by atoms with Crippen molar-refractivity contribution in [3.05, 3.63) is 71.9 Å². The van der Waals surface area contributed by atoms with Gasteiger partial charge in [-0.15, -0.1) is 0 Å². The molecule has 0 spiro atoms. The fourth-order valence-electron chi connectivity index (χ4n) is 3.23. The van der Waals surface area contributed by atoms with E-state index in [1.54, 1.807) is 48.1 Å². The number of imidazole rings is 1. The number of nitrogen functional groups attached to an aromatic ring is 1. The first-order valence-electron chi connectivity index (χ1n) is 10.0. The minimum atomic E-state index is -0.708. The highest BCUT2D eigenvalue weighted by Crippen LogP contribution is 2.29. The molecule has 0 aliphatic carbocycles. The number of nitrogens with two attached hydrogens (primary N) is 2. The smallest absolute Gasteiger partial charge is 0.252 e. The first-order chi connectivity index (χ1) is 15.1. The number of rotatable bonds is 8. The van der Waals surface area contributed by atoms with Crippen molar-refractivity contribution in [3.63, 3.8) is 0 Å². The predicted molar refractivity (Wildman–Crippen MR) is 123 cm³/mol. The number of amides is 1. The van der Waals surface area contributed by atoms with E-state index in [2.05, 4.69) is 21.9 Å². The van der Waals surface area contributed by atoms with Crippen molar-refractivity contribution in [3.8, 4) is 11.6 Å². The van der Waals surface area contributed by atoms with Gasteiger partial charge in [-0.2, -0.15) is 0 Å². The maximum atomic E-state index is 12.9. The van der Waals surface area contributed by atoms with Crippen molar-refractivity contribution in [1.29, 1.82) is 0 Å². The molecule has 0 bridgehead atoms. The number of aryl methyl sites for hydroxylation is 1. The molecule has 0 aliphatic rings. The fraction of sp³-hybridized carbons (Fsp3) is 0.261. The highest BCUT2D eigenvalue weighted by Gasteiger charge is 2.24. The first-order valence-corrected chi connectivity index (χ1v) is 10.0. The van der Waals surface area contributed by atoms with Gasteiger partial charge < -0.3 is 26.6 Å². The lowest BCUT2D eigenvalue weighted by Gasteiger charge is -2.27. The number of nitrogens with one attached hydrogen (secondary N) is 1. The zero-order chi connectivity index (χ0) is 23.5. The number of hydrogen-bond acceptors (Lipinski definition) is 7. The summed E-state index contributed by atoms with van der Waals surface area (Å²) in [5.41, 5.74) is 14.2. The number of carbonyl (C=O) groups is 1. The van der Waals surface area contributed by atoms with Crippen molar-refractivity contribution in [2.75, 3.05) is 12.3 Å². The monoisotopic (exact) mass is 436 g/mol. The number of aliphatic hydroxyl groups is 1. The van der Waals surface area contributed by atoms with E-state index in [0.717, 1.165) is 0 Å². The molecule has 2 heterocycles. The maximum Gasteiger partial charge on any atom is 0.252 e. The van der Waals surface area contributed by atoms with E-state index >= 15 is 0 Å². The standard InChI is InChI=1S/C23H28N6O3/c1-14(24)21-17(25)6-5-7-19(21)32-12-23(3,4)28-22(31)16-8-9-26-20(10-16)29-13-27-15(2)18(29)11-30/h5-10,13,30H,1,11-12,24-25H2,2-4H3,(H,28,31). The number of ether oxygens (including phenoxy) is 1. The van der Waals surface area contributed by atoms with Crippen molar-refractivity contribution < 1.29 is 14.6 Å². The number of benzene rings is 1. The summed E-state index contributed by atoms with van der Waals surface area (Å²) >= 11 is 0. The summed E-state index contributed by atoms with van der Waals surface area (Å²) < 4.78 is 7.57. The molecule has 1 aromatic carbocycles. The predicted octanol–water partition coefficient (Wildman–Crippen LogP) is 2.17. The van der Waals surface area contributed by atoms with Crippen LogP contribution in [0.25, 0.3) is 11.5 Å². The molecule has 0 atom stereocenters. The molecule has 6 N–H and O–H groups in total. The molecular formula is C23H28N6O3. The van der Waals surface area contributed by atoms with Crippen molar-refractivity contribution in [1.82, 2.24) is 19.9 Å². The van der Waals surface area contributed by atoms with Crippen LogP contribution in [0.4, 0.5) is 5.69 Å². The molecule has 2 aromatic heterocycles. The van der Waals surface area contributed by atoms with E-state index in [1.165, 1.54) is 6.20 Å². The molecule has 3 rings (SSSR count). The van der Waals surface area contributed by atoms with Gasteiger partial charge in [-0.25, -0.2) is 9.97 Å². The number of aliphatic hydroxyl groups excluding tert-OH is 1. The second-order valence-electron chi connectivity index (χ2n) is 8.08. The van der Waals surface area contributed by atoms with Crippen LogP contribution in [0.5, 0.6) is 5.75 Å². The molecule has 0 saturated carbocycles.